The summed E-state index contributed by atoms with van der Waals surface area (Å²) >= 11 is 0. The second kappa shape index (κ2) is 11.6. The van der Waals surface area contributed by atoms with Gasteiger partial charge in [0, 0.05) is 46.1 Å². The highest BCUT2D eigenvalue weighted by molar-refractivity contribution is 14.0. The Bertz CT molecular complexity index is 634. The van der Waals surface area contributed by atoms with Gasteiger partial charge in [0.25, 0.3) is 0 Å². The molecule has 0 saturated heterocycles. The summed E-state index contributed by atoms with van der Waals surface area (Å²) in [5.41, 5.74) is -0.310. The van der Waals surface area contributed by atoms with E-state index >= 15 is 0 Å². The van der Waals surface area contributed by atoms with Crippen LogP contribution in [0.5, 0.6) is 0 Å². The van der Waals surface area contributed by atoms with Crippen molar-refractivity contribution >= 4 is 35.8 Å². The molecule has 1 fully saturated rings. The lowest BCUT2D eigenvalue weighted by Crippen LogP contribution is -2.49. The molecular formula is C20H37IN6O. The third-order valence-corrected chi connectivity index (χ3v) is 5.10. The molecule has 1 aromatic rings. The Balaban J connectivity index is 0.00000392. The number of rotatable bonds is 8. The molecule has 160 valence electrons. The molecule has 0 spiro atoms. The molecule has 0 unspecified atom stereocenters. The Hall–Kier alpha value is -1.32. The summed E-state index contributed by atoms with van der Waals surface area (Å²) in [5.74, 6) is 2.48. The Labute approximate surface area is 186 Å². The molecule has 1 amide bonds. The summed E-state index contributed by atoms with van der Waals surface area (Å²) in [6, 6.07) is 0. The second-order valence-corrected chi connectivity index (χ2v) is 8.13. The van der Waals surface area contributed by atoms with Crippen molar-refractivity contribution in [2.45, 2.75) is 59.5 Å². The normalized spacial score (nSPS) is 16.0. The molecule has 1 aliphatic rings. The highest BCUT2D eigenvalue weighted by atomic mass is 127. The van der Waals surface area contributed by atoms with Crippen LogP contribution in [0.25, 0.3) is 0 Å². The second-order valence-electron chi connectivity index (χ2n) is 8.13. The fraction of sp³-hybridized carbons (Fsp3) is 0.750. The maximum atomic E-state index is 12.7. The number of nitrogens with zero attached hydrogens (tertiary/aromatic N) is 4. The van der Waals surface area contributed by atoms with Crippen LogP contribution >= 0.6 is 24.0 Å². The minimum atomic E-state index is -0.310. The van der Waals surface area contributed by atoms with E-state index in [2.05, 4.69) is 34.0 Å². The Kier molecular flexibility index (Phi) is 10.3. The number of halogens is 1. The number of carbonyl (C=O) groups is 1. The predicted molar refractivity (Wildman–Crippen MR) is 125 cm³/mol. The van der Waals surface area contributed by atoms with E-state index in [1.54, 1.807) is 4.90 Å². The first-order valence-electron chi connectivity index (χ1n) is 10.1. The van der Waals surface area contributed by atoms with E-state index in [9.17, 15) is 4.79 Å². The quantitative estimate of drug-likeness (QED) is 0.325. The van der Waals surface area contributed by atoms with Gasteiger partial charge < -0.3 is 20.1 Å². The minimum Gasteiger partial charge on any atom is -0.357 e. The van der Waals surface area contributed by atoms with Crippen LogP contribution in [0.3, 0.4) is 0 Å². The van der Waals surface area contributed by atoms with Crippen LogP contribution in [0.4, 0.5) is 0 Å². The van der Waals surface area contributed by atoms with Gasteiger partial charge in [-0.2, -0.15) is 0 Å². The fourth-order valence-electron chi connectivity index (χ4n) is 3.79. The van der Waals surface area contributed by atoms with Gasteiger partial charge >= 0.3 is 0 Å². The van der Waals surface area contributed by atoms with E-state index in [1.165, 1.54) is 0 Å². The first kappa shape index (κ1) is 24.7. The van der Waals surface area contributed by atoms with Crippen molar-refractivity contribution in [2.75, 3.05) is 27.2 Å². The SMILES string of the molecule is CCNC(=NCc1nccn1CC(C)C)NCC1(C(=O)N(C)C)CCCC1.I. The van der Waals surface area contributed by atoms with Gasteiger partial charge in [0.15, 0.2) is 5.96 Å². The molecule has 0 atom stereocenters. The molecular weight excluding hydrogens is 467 g/mol. The number of nitrogens with one attached hydrogen (secondary N) is 2. The van der Waals surface area contributed by atoms with E-state index in [4.69, 9.17) is 4.99 Å². The van der Waals surface area contributed by atoms with Crippen LogP contribution in [0, 0.1) is 11.3 Å². The van der Waals surface area contributed by atoms with Crippen molar-refractivity contribution in [2.24, 2.45) is 16.3 Å². The smallest absolute Gasteiger partial charge is 0.230 e. The maximum absolute atomic E-state index is 12.7. The first-order valence-corrected chi connectivity index (χ1v) is 10.1. The number of aromatic nitrogens is 2. The summed E-state index contributed by atoms with van der Waals surface area (Å²) in [4.78, 5) is 23.6. The van der Waals surface area contributed by atoms with Gasteiger partial charge in [-0.25, -0.2) is 9.98 Å². The molecule has 1 aliphatic carbocycles. The van der Waals surface area contributed by atoms with Crippen LogP contribution in [0.1, 0.15) is 52.3 Å². The van der Waals surface area contributed by atoms with Crippen molar-refractivity contribution in [3.05, 3.63) is 18.2 Å². The van der Waals surface area contributed by atoms with Gasteiger partial charge in [-0.05, 0) is 25.7 Å². The molecule has 0 aromatic carbocycles. The van der Waals surface area contributed by atoms with E-state index in [1.807, 2.05) is 33.4 Å². The predicted octanol–water partition coefficient (Wildman–Crippen LogP) is 2.86. The number of hydrogen-bond donors (Lipinski definition) is 2. The third kappa shape index (κ3) is 6.63. The molecule has 0 radical (unpaired) electrons. The van der Waals surface area contributed by atoms with Gasteiger partial charge in [-0.15, -0.1) is 24.0 Å². The molecule has 8 heteroatoms. The summed E-state index contributed by atoms with van der Waals surface area (Å²) in [7, 11) is 3.69. The number of amides is 1. The standard InChI is InChI=1S/C20H36N6O.HI/c1-6-21-19(23-13-17-22-11-12-26(17)14-16(2)3)24-15-20(9-7-8-10-20)18(27)25(4)5;/h11-12,16H,6-10,13-15H2,1-5H3,(H2,21,23,24);1H. The van der Waals surface area contributed by atoms with Crippen LogP contribution in [-0.2, 0) is 17.9 Å². The van der Waals surface area contributed by atoms with Gasteiger partial charge in [0.05, 0.1) is 5.41 Å². The Morgan fingerprint density at radius 1 is 1.32 bits per heavy atom. The Morgan fingerprint density at radius 3 is 2.57 bits per heavy atom. The number of guanidine groups is 1. The maximum Gasteiger partial charge on any atom is 0.230 e. The van der Waals surface area contributed by atoms with Crippen molar-refractivity contribution in [1.82, 2.24) is 25.1 Å². The highest BCUT2D eigenvalue weighted by Crippen LogP contribution is 2.38. The number of hydrogen-bond acceptors (Lipinski definition) is 3. The van der Waals surface area contributed by atoms with Crippen LogP contribution in [0.2, 0.25) is 0 Å². The van der Waals surface area contributed by atoms with Crippen molar-refractivity contribution < 1.29 is 4.79 Å². The zero-order chi connectivity index (χ0) is 19.9. The largest absolute Gasteiger partial charge is 0.357 e. The zero-order valence-electron chi connectivity index (χ0n) is 18.0. The molecule has 7 nitrogen and oxygen atoms in total. The fourth-order valence-corrected chi connectivity index (χ4v) is 3.79. The summed E-state index contributed by atoms with van der Waals surface area (Å²) in [5, 5.41) is 6.71. The monoisotopic (exact) mass is 504 g/mol. The number of carbonyl (C=O) groups excluding carboxylic acids is 1. The average molecular weight is 504 g/mol. The topological polar surface area (TPSA) is 74.5 Å². The minimum absolute atomic E-state index is 0. The molecule has 2 rings (SSSR count). The molecule has 1 saturated carbocycles. The molecule has 0 bridgehead atoms. The van der Waals surface area contributed by atoms with E-state index < -0.39 is 0 Å². The van der Waals surface area contributed by atoms with E-state index in [0.29, 0.717) is 19.0 Å². The van der Waals surface area contributed by atoms with Gasteiger partial charge in [0.1, 0.15) is 12.4 Å². The zero-order valence-corrected chi connectivity index (χ0v) is 20.3. The number of aliphatic imine (C=N–C) groups is 1. The van der Waals surface area contributed by atoms with Gasteiger partial charge in [0.2, 0.25) is 5.91 Å². The van der Waals surface area contributed by atoms with Crippen molar-refractivity contribution in [3.8, 4) is 0 Å². The molecule has 2 N–H and O–H groups in total. The van der Waals surface area contributed by atoms with E-state index in [-0.39, 0.29) is 35.3 Å². The van der Waals surface area contributed by atoms with Crippen LogP contribution in [0.15, 0.2) is 17.4 Å². The van der Waals surface area contributed by atoms with Crippen molar-refractivity contribution in [1.29, 1.82) is 0 Å². The van der Waals surface area contributed by atoms with Crippen LogP contribution in [-0.4, -0.2) is 53.5 Å². The van der Waals surface area contributed by atoms with Gasteiger partial charge in [-0.1, -0.05) is 26.7 Å². The summed E-state index contributed by atoms with van der Waals surface area (Å²) < 4.78 is 2.16. The van der Waals surface area contributed by atoms with Crippen molar-refractivity contribution in [3.63, 3.8) is 0 Å². The highest BCUT2D eigenvalue weighted by Gasteiger charge is 2.42. The molecule has 1 aromatic heterocycles. The lowest BCUT2D eigenvalue weighted by Gasteiger charge is -2.31. The number of imidazole rings is 1. The Morgan fingerprint density at radius 2 is 2.00 bits per heavy atom. The summed E-state index contributed by atoms with van der Waals surface area (Å²) in [6.07, 6.45) is 7.94. The van der Waals surface area contributed by atoms with Crippen LogP contribution < -0.4 is 10.6 Å². The lowest BCUT2D eigenvalue weighted by atomic mass is 9.84. The first-order chi connectivity index (χ1) is 12.9. The average Bonchev–Trinajstić information content (AvgIpc) is 3.26. The third-order valence-electron chi connectivity index (χ3n) is 5.10. The van der Waals surface area contributed by atoms with Gasteiger partial charge in [-0.3, -0.25) is 4.79 Å². The molecule has 28 heavy (non-hydrogen) atoms. The molecule has 1 heterocycles. The molecule has 0 aliphatic heterocycles. The van der Waals surface area contributed by atoms with E-state index in [0.717, 1.165) is 50.6 Å². The summed E-state index contributed by atoms with van der Waals surface area (Å²) in [6.45, 7) is 9.30. The lowest BCUT2D eigenvalue weighted by molar-refractivity contribution is -0.138.